The minimum absolute atomic E-state index is 0.0539. The number of rotatable bonds is 3. The zero-order chi connectivity index (χ0) is 21.3. The van der Waals surface area contributed by atoms with E-state index in [0.29, 0.717) is 13.2 Å². The summed E-state index contributed by atoms with van der Waals surface area (Å²) < 4.78 is 50.2. The molecule has 2 aliphatic rings. The van der Waals surface area contributed by atoms with Crippen LogP contribution in [0.3, 0.4) is 0 Å². The van der Waals surface area contributed by atoms with Gasteiger partial charge in [-0.25, -0.2) is 0 Å². The summed E-state index contributed by atoms with van der Waals surface area (Å²) in [5.74, 6) is 1.19. The molecule has 2 N–H and O–H groups in total. The van der Waals surface area contributed by atoms with Crippen molar-refractivity contribution >= 4 is 11.6 Å². The highest BCUT2D eigenvalue weighted by Crippen LogP contribution is 2.35. The van der Waals surface area contributed by atoms with Crippen LogP contribution in [0.2, 0.25) is 0 Å². The van der Waals surface area contributed by atoms with E-state index in [1.807, 2.05) is 12.1 Å². The average molecular weight is 421 g/mol. The normalized spacial score (nSPS) is 20.8. The average Bonchev–Trinajstić information content (AvgIpc) is 2.93. The van der Waals surface area contributed by atoms with Crippen LogP contribution in [0, 0.1) is 0 Å². The molecule has 0 saturated carbocycles. The van der Waals surface area contributed by atoms with Crippen molar-refractivity contribution in [2.75, 3.05) is 31.6 Å². The van der Waals surface area contributed by atoms with E-state index in [-0.39, 0.29) is 24.2 Å². The van der Waals surface area contributed by atoms with Gasteiger partial charge in [0.1, 0.15) is 6.04 Å². The molecule has 2 aliphatic heterocycles. The zero-order valence-electron chi connectivity index (χ0n) is 16.6. The molecule has 2 atom stereocenters. The van der Waals surface area contributed by atoms with Gasteiger partial charge in [-0.05, 0) is 42.8 Å². The maximum Gasteiger partial charge on any atom is 0.416 e. The van der Waals surface area contributed by atoms with Crippen LogP contribution in [0.25, 0.3) is 0 Å². The van der Waals surface area contributed by atoms with Gasteiger partial charge in [-0.15, -0.1) is 0 Å². The number of amides is 1. The number of fused-ring (bicyclic) bond motifs is 2. The van der Waals surface area contributed by atoms with E-state index < -0.39 is 11.7 Å². The third kappa shape index (κ3) is 4.38. The van der Waals surface area contributed by atoms with Gasteiger partial charge in [0.15, 0.2) is 18.0 Å². The first-order chi connectivity index (χ1) is 14.3. The second-order valence-electron chi connectivity index (χ2n) is 7.73. The van der Waals surface area contributed by atoms with E-state index in [1.54, 1.807) is 0 Å². The fraction of sp³-hybridized carbons (Fsp3) is 0.409. The second kappa shape index (κ2) is 8.18. The molecule has 160 valence electrons. The highest BCUT2D eigenvalue weighted by molar-refractivity contribution is 5.91. The van der Waals surface area contributed by atoms with Crippen LogP contribution in [0.5, 0.6) is 11.5 Å². The molecule has 5 nitrogen and oxygen atoms in total. The van der Waals surface area contributed by atoms with Gasteiger partial charge in [-0.1, -0.05) is 6.07 Å². The fourth-order valence-electron chi connectivity index (χ4n) is 4.04. The van der Waals surface area contributed by atoms with Gasteiger partial charge in [0.25, 0.3) is 5.91 Å². The highest BCUT2D eigenvalue weighted by Gasteiger charge is 2.32. The molecular formula is C22H24F3N2O3+. The number of hydrogen-bond donors (Lipinski definition) is 2. The molecule has 0 bridgehead atoms. The number of quaternary nitrogens is 1. The molecule has 0 aliphatic carbocycles. The van der Waals surface area contributed by atoms with Crippen LogP contribution >= 0.6 is 0 Å². The lowest BCUT2D eigenvalue weighted by molar-refractivity contribution is -0.924. The molecule has 2 heterocycles. The Morgan fingerprint density at radius 1 is 1.17 bits per heavy atom. The number of hydrogen-bond acceptors (Lipinski definition) is 3. The fourth-order valence-corrected chi connectivity index (χ4v) is 4.04. The van der Waals surface area contributed by atoms with Crippen LogP contribution in [-0.4, -0.2) is 32.2 Å². The Hall–Kier alpha value is -2.74. The van der Waals surface area contributed by atoms with Gasteiger partial charge in [0.2, 0.25) is 0 Å². The molecule has 0 spiro atoms. The minimum Gasteiger partial charge on any atom is -0.490 e. The topological polar surface area (TPSA) is 52.0 Å². The Bertz CT molecular complexity index is 946. The highest BCUT2D eigenvalue weighted by atomic mass is 19.4. The zero-order valence-corrected chi connectivity index (χ0v) is 16.6. The largest absolute Gasteiger partial charge is 0.490 e. The van der Waals surface area contributed by atoms with Gasteiger partial charge in [-0.2, -0.15) is 13.2 Å². The molecule has 0 radical (unpaired) electrons. The Morgan fingerprint density at radius 2 is 1.90 bits per heavy atom. The summed E-state index contributed by atoms with van der Waals surface area (Å²) in [7, 11) is 0. The van der Waals surface area contributed by atoms with Crippen molar-refractivity contribution < 1.29 is 32.3 Å². The maximum atomic E-state index is 12.9. The van der Waals surface area contributed by atoms with Crippen molar-refractivity contribution in [3.63, 3.8) is 0 Å². The quantitative estimate of drug-likeness (QED) is 0.801. The number of alkyl halides is 3. The van der Waals surface area contributed by atoms with Gasteiger partial charge < -0.3 is 19.7 Å². The van der Waals surface area contributed by atoms with Gasteiger partial charge in [0, 0.05) is 24.1 Å². The predicted molar refractivity (Wildman–Crippen MR) is 105 cm³/mol. The van der Waals surface area contributed by atoms with Crippen LogP contribution in [0.4, 0.5) is 18.9 Å². The predicted octanol–water partition coefficient (Wildman–Crippen LogP) is 3.01. The number of halogens is 3. The number of carbonyl (C=O) groups excluding carboxylic acids is 1. The molecule has 1 amide bonds. The van der Waals surface area contributed by atoms with E-state index in [4.69, 9.17) is 9.47 Å². The first-order valence-corrected chi connectivity index (χ1v) is 10.1. The van der Waals surface area contributed by atoms with Crippen molar-refractivity contribution in [1.82, 2.24) is 0 Å². The SMILES string of the molecule is C[C@@H]1c2cc3c(cc2CC[NH+]1CC(=O)Nc1cccc(C(F)(F)F)c1)OCCCO3. The Kier molecular flexibility index (Phi) is 5.60. The number of ether oxygens (including phenoxy) is 2. The standard InChI is InChI=1S/C22H23F3N2O3/c1-14-18-12-20-19(29-8-3-9-30-20)10-15(18)6-7-27(14)13-21(28)26-17-5-2-4-16(11-17)22(23,24)25/h2,4-5,10-12,14H,3,6-9,13H2,1H3,(H,26,28)/p+1/t14-/m1/s1. The molecular weight excluding hydrogens is 397 g/mol. The van der Waals surface area contributed by atoms with Crippen LogP contribution < -0.4 is 19.7 Å². The number of anilines is 1. The lowest BCUT2D eigenvalue weighted by atomic mass is 9.93. The second-order valence-corrected chi connectivity index (χ2v) is 7.73. The van der Waals surface area contributed by atoms with E-state index in [1.165, 1.54) is 17.7 Å². The molecule has 2 aromatic carbocycles. The first-order valence-electron chi connectivity index (χ1n) is 10.1. The van der Waals surface area contributed by atoms with Gasteiger partial charge in [-0.3, -0.25) is 4.79 Å². The van der Waals surface area contributed by atoms with Gasteiger partial charge in [0.05, 0.1) is 25.3 Å². The smallest absolute Gasteiger partial charge is 0.416 e. The Balaban J connectivity index is 1.45. The van der Waals surface area contributed by atoms with Gasteiger partial charge >= 0.3 is 6.18 Å². The van der Waals surface area contributed by atoms with Crippen molar-refractivity contribution in [2.24, 2.45) is 0 Å². The summed E-state index contributed by atoms with van der Waals surface area (Å²) in [6, 6.07) is 8.78. The summed E-state index contributed by atoms with van der Waals surface area (Å²) in [6.45, 7) is 4.22. The van der Waals surface area contributed by atoms with Crippen LogP contribution in [0.1, 0.15) is 36.1 Å². The monoisotopic (exact) mass is 421 g/mol. The summed E-state index contributed by atoms with van der Waals surface area (Å²) in [5, 5.41) is 2.60. The van der Waals surface area contributed by atoms with E-state index in [2.05, 4.69) is 12.2 Å². The van der Waals surface area contributed by atoms with Crippen LogP contribution in [-0.2, 0) is 17.4 Å². The van der Waals surface area contributed by atoms with Crippen molar-refractivity contribution in [3.05, 3.63) is 53.1 Å². The third-order valence-electron chi connectivity index (χ3n) is 5.66. The minimum atomic E-state index is -4.44. The molecule has 1 unspecified atom stereocenters. The summed E-state index contributed by atoms with van der Waals surface area (Å²) in [5.41, 5.74) is 1.67. The summed E-state index contributed by atoms with van der Waals surface area (Å²) in [4.78, 5) is 13.6. The molecule has 4 rings (SSSR count). The lowest BCUT2D eigenvalue weighted by Crippen LogP contribution is -3.14. The van der Waals surface area contributed by atoms with E-state index >= 15 is 0 Å². The number of benzene rings is 2. The molecule has 2 aromatic rings. The van der Waals surface area contributed by atoms with Crippen molar-refractivity contribution in [3.8, 4) is 11.5 Å². The lowest BCUT2D eigenvalue weighted by Gasteiger charge is -2.32. The molecule has 30 heavy (non-hydrogen) atoms. The van der Waals surface area contributed by atoms with E-state index in [9.17, 15) is 18.0 Å². The van der Waals surface area contributed by atoms with E-state index in [0.717, 1.165) is 53.5 Å². The summed E-state index contributed by atoms with van der Waals surface area (Å²) in [6.07, 6.45) is -2.81. The Morgan fingerprint density at radius 3 is 2.63 bits per heavy atom. The van der Waals surface area contributed by atoms with Crippen molar-refractivity contribution in [1.29, 1.82) is 0 Å². The molecule has 0 aromatic heterocycles. The maximum absolute atomic E-state index is 12.9. The number of carbonyl (C=O) groups is 1. The summed E-state index contributed by atoms with van der Waals surface area (Å²) >= 11 is 0. The molecule has 0 fully saturated rings. The Labute approximate surface area is 172 Å². The van der Waals surface area contributed by atoms with Crippen LogP contribution in [0.15, 0.2) is 36.4 Å². The number of nitrogens with one attached hydrogen (secondary N) is 2. The molecule has 0 saturated heterocycles. The third-order valence-corrected chi connectivity index (χ3v) is 5.66. The first kappa shape index (κ1) is 20.5. The van der Waals surface area contributed by atoms with Crippen molar-refractivity contribution in [2.45, 2.75) is 32.0 Å². The molecule has 8 heteroatoms.